The van der Waals surface area contributed by atoms with Crippen LogP contribution in [-0.2, 0) is 6.18 Å². The summed E-state index contributed by atoms with van der Waals surface area (Å²) < 4.78 is 45.9. The van der Waals surface area contributed by atoms with E-state index in [0.717, 1.165) is 16.8 Å². The van der Waals surface area contributed by atoms with Gasteiger partial charge >= 0.3 is 6.18 Å². The third kappa shape index (κ3) is 4.58. The number of fused-ring (bicyclic) bond motifs is 1. The molecule has 0 fully saturated rings. The maximum atomic E-state index is 13.3. The summed E-state index contributed by atoms with van der Waals surface area (Å²) in [4.78, 5) is 17.6. The first-order chi connectivity index (χ1) is 15.7. The van der Waals surface area contributed by atoms with Gasteiger partial charge in [0.05, 0.1) is 39.8 Å². The van der Waals surface area contributed by atoms with Crippen molar-refractivity contribution in [2.75, 3.05) is 7.11 Å². The molecule has 5 nitrogen and oxygen atoms in total. The lowest BCUT2D eigenvalue weighted by Crippen LogP contribution is -2.20. The second-order valence-corrected chi connectivity index (χ2v) is 7.72. The number of hydrogen-bond donors (Lipinski definition) is 0. The fourth-order valence-electron chi connectivity index (χ4n) is 3.23. The smallest absolute Gasteiger partial charge is 0.416 e. The molecule has 0 bridgehead atoms. The van der Waals surface area contributed by atoms with Gasteiger partial charge in [-0.3, -0.25) is 4.79 Å². The molecule has 1 aromatic heterocycles. The molecule has 0 aliphatic heterocycles. The highest BCUT2D eigenvalue weighted by Crippen LogP contribution is 2.34. The van der Waals surface area contributed by atoms with E-state index in [0.29, 0.717) is 11.1 Å². The van der Waals surface area contributed by atoms with Gasteiger partial charge in [0.25, 0.3) is 5.56 Å². The van der Waals surface area contributed by atoms with Crippen molar-refractivity contribution in [2.45, 2.75) is 6.18 Å². The number of hydrogen-bond acceptors (Lipinski definition) is 4. The van der Waals surface area contributed by atoms with Crippen LogP contribution in [0.25, 0.3) is 22.3 Å². The van der Waals surface area contributed by atoms with Crippen LogP contribution in [-0.4, -0.2) is 23.0 Å². The maximum Gasteiger partial charge on any atom is 0.416 e. The summed E-state index contributed by atoms with van der Waals surface area (Å²) in [7, 11) is 1.42. The van der Waals surface area contributed by atoms with Crippen LogP contribution in [0.15, 0.2) is 70.6 Å². The number of benzene rings is 3. The molecule has 0 N–H and O–H groups in total. The number of para-hydroxylation sites is 1. The van der Waals surface area contributed by atoms with Gasteiger partial charge in [-0.2, -0.15) is 22.9 Å². The van der Waals surface area contributed by atoms with Crippen molar-refractivity contribution < 1.29 is 17.9 Å². The lowest BCUT2D eigenvalue weighted by atomic mass is 10.1. The standard InChI is InChI=1S/C23H14Cl2F3N3O2/c1-33-20-17(24)9-13(10-18(20)25)12-29-31-21(14-5-4-6-15(11-14)23(26,27)28)30-19-8-3-2-7-16(19)22(31)32/h2-12H,1H3. The zero-order valence-electron chi connectivity index (χ0n) is 16.9. The van der Waals surface area contributed by atoms with Crippen molar-refractivity contribution >= 4 is 40.3 Å². The topological polar surface area (TPSA) is 56.5 Å². The molecule has 10 heteroatoms. The first kappa shape index (κ1) is 22.8. The van der Waals surface area contributed by atoms with E-state index in [2.05, 4.69) is 10.1 Å². The van der Waals surface area contributed by atoms with E-state index in [4.69, 9.17) is 27.9 Å². The number of aromatic nitrogens is 2. The highest BCUT2D eigenvalue weighted by molar-refractivity contribution is 6.37. The van der Waals surface area contributed by atoms with Gasteiger partial charge in [0.1, 0.15) is 0 Å². The summed E-state index contributed by atoms with van der Waals surface area (Å²) in [6.45, 7) is 0. The Morgan fingerprint density at radius 1 is 1.03 bits per heavy atom. The van der Waals surface area contributed by atoms with E-state index >= 15 is 0 Å². The summed E-state index contributed by atoms with van der Waals surface area (Å²) in [5, 5.41) is 4.93. The van der Waals surface area contributed by atoms with E-state index in [1.807, 2.05) is 0 Å². The number of alkyl halides is 3. The van der Waals surface area contributed by atoms with Crippen molar-refractivity contribution in [1.29, 1.82) is 0 Å². The molecule has 0 unspecified atom stereocenters. The van der Waals surface area contributed by atoms with Crippen LogP contribution < -0.4 is 10.3 Å². The van der Waals surface area contributed by atoms with Crippen molar-refractivity contribution in [3.05, 3.63) is 92.2 Å². The number of halogens is 5. The minimum absolute atomic E-state index is 0.0493. The van der Waals surface area contributed by atoms with Crippen LogP contribution in [0.3, 0.4) is 0 Å². The number of nitrogens with zero attached hydrogens (tertiary/aromatic N) is 3. The molecule has 1 heterocycles. The molecule has 4 aromatic rings. The molecule has 0 radical (unpaired) electrons. The predicted octanol–water partition coefficient (Wildman–Crippen LogP) is 6.28. The van der Waals surface area contributed by atoms with Crippen LogP contribution in [0, 0.1) is 0 Å². The fourth-order valence-corrected chi connectivity index (χ4v) is 3.88. The molecule has 0 spiro atoms. The monoisotopic (exact) mass is 491 g/mol. The van der Waals surface area contributed by atoms with Gasteiger partial charge in [-0.25, -0.2) is 4.98 Å². The third-order valence-corrected chi connectivity index (χ3v) is 5.31. The van der Waals surface area contributed by atoms with E-state index < -0.39 is 17.3 Å². The molecular formula is C23H14Cl2F3N3O2. The first-order valence-corrected chi connectivity index (χ1v) is 10.2. The Labute approximate surface area is 195 Å². The maximum absolute atomic E-state index is 13.3. The molecule has 33 heavy (non-hydrogen) atoms. The number of methoxy groups -OCH3 is 1. The molecule has 3 aromatic carbocycles. The number of rotatable bonds is 4. The summed E-state index contributed by atoms with van der Waals surface area (Å²) in [5.74, 6) is 0.233. The van der Waals surface area contributed by atoms with Crippen molar-refractivity contribution in [1.82, 2.24) is 9.66 Å². The van der Waals surface area contributed by atoms with Gasteiger partial charge in [0, 0.05) is 5.56 Å². The van der Waals surface area contributed by atoms with Crippen molar-refractivity contribution in [3.8, 4) is 17.1 Å². The quantitative estimate of drug-likeness (QED) is 0.315. The Kier molecular flexibility index (Phi) is 6.14. The molecule has 168 valence electrons. The molecule has 0 aliphatic carbocycles. The van der Waals surface area contributed by atoms with Gasteiger partial charge in [0.15, 0.2) is 11.6 Å². The summed E-state index contributed by atoms with van der Waals surface area (Å²) >= 11 is 12.3. The minimum Gasteiger partial charge on any atom is -0.494 e. The second-order valence-electron chi connectivity index (χ2n) is 6.91. The van der Waals surface area contributed by atoms with Crippen LogP contribution in [0.1, 0.15) is 11.1 Å². The highest BCUT2D eigenvalue weighted by Gasteiger charge is 2.31. The highest BCUT2D eigenvalue weighted by atomic mass is 35.5. The third-order valence-electron chi connectivity index (χ3n) is 4.75. The zero-order chi connectivity index (χ0) is 23.8. The summed E-state index contributed by atoms with van der Waals surface area (Å²) in [5.41, 5.74) is -0.560. The molecule has 4 rings (SSSR count). The van der Waals surface area contributed by atoms with E-state index in [9.17, 15) is 18.0 Å². The number of ether oxygens (including phenoxy) is 1. The van der Waals surface area contributed by atoms with Gasteiger partial charge in [-0.1, -0.05) is 47.5 Å². The SMILES string of the molecule is COc1c(Cl)cc(C=Nn2c(-c3cccc(C(F)(F)F)c3)nc3ccccc3c2=O)cc1Cl. The van der Waals surface area contributed by atoms with Crippen molar-refractivity contribution in [2.24, 2.45) is 5.10 Å². The van der Waals surface area contributed by atoms with E-state index in [1.165, 1.54) is 37.6 Å². The predicted molar refractivity (Wildman–Crippen MR) is 122 cm³/mol. The lowest BCUT2D eigenvalue weighted by Gasteiger charge is -2.12. The van der Waals surface area contributed by atoms with E-state index in [-0.39, 0.29) is 32.6 Å². The molecular weight excluding hydrogens is 478 g/mol. The second kappa shape index (κ2) is 8.88. The summed E-state index contributed by atoms with van der Waals surface area (Å²) in [6.07, 6.45) is -3.25. The van der Waals surface area contributed by atoms with Crippen LogP contribution in [0.2, 0.25) is 10.0 Å². The Balaban J connectivity index is 1.92. The minimum atomic E-state index is -4.56. The molecule has 0 aliphatic rings. The van der Waals surface area contributed by atoms with Gasteiger partial charge < -0.3 is 4.74 Å². The van der Waals surface area contributed by atoms with E-state index in [1.54, 1.807) is 24.3 Å². The Hall–Kier alpha value is -3.36. The molecule has 0 amide bonds. The van der Waals surface area contributed by atoms with Gasteiger partial charge in [-0.15, -0.1) is 0 Å². The normalized spacial score (nSPS) is 11.9. The van der Waals surface area contributed by atoms with Gasteiger partial charge in [-0.05, 0) is 42.0 Å². The van der Waals surface area contributed by atoms with Crippen molar-refractivity contribution in [3.63, 3.8) is 0 Å². The largest absolute Gasteiger partial charge is 0.494 e. The fraction of sp³-hybridized carbons (Fsp3) is 0.0870. The molecule has 0 saturated heterocycles. The average molecular weight is 492 g/mol. The zero-order valence-corrected chi connectivity index (χ0v) is 18.4. The molecule has 0 atom stereocenters. The summed E-state index contributed by atoms with van der Waals surface area (Å²) in [6, 6.07) is 14.1. The van der Waals surface area contributed by atoms with Crippen LogP contribution >= 0.6 is 23.2 Å². The Bertz CT molecular complexity index is 1430. The van der Waals surface area contributed by atoms with Gasteiger partial charge in [0.2, 0.25) is 0 Å². The van der Waals surface area contributed by atoms with Crippen LogP contribution in [0.5, 0.6) is 5.75 Å². The first-order valence-electron chi connectivity index (χ1n) is 9.46. The lowest BCUT2D eigenvalue weighted by molar-refractivity contribution is -0.137. The average Bonchev–Trinajstić information content (AvgIpc) is 2.78. The Morgan fingerprint density at radius 3 is 2.39 bits per heavy atom. The Morgan fingerprint density at radius 2 is 1.73 bits per heavy atom. The molecule has 0 saturated carbocycles. The van der Waals surface area contributed by atoms with Crippen LogP contribution in [0.4, 0.5) is 13.2 Å².